The summed E-state index contributed by atoms with van der Waals surface area (Å²) in [5.74, 6) is -1.76. The van der Waals surface area contributed by atoms with Crippen LogP contribution in [0.5, 0.6) is 11.5 Å². The molecule has 0 radical (unpaired) electrons. The van der Waals surface area contributed by atoms with Crippen molar-refractivity contribution in [2.45, 2.75) is 12.7 Å². The van der Waals surface area contributed by atoms with Gasteiger partial charge >= 0.3 is 6.18 Å². The first-order valence-electron chi connectivity index (χ1n) is 6.05. The highest BCUT2D eigenvalue weighted by Gasteiger charge is 2.42. The van der Waals surface area contributed by atoms with Gasteiger partial charge in [0, 0.05) is 13.1 Å². The number of amidine groups is 1. The number of alkyl halides is 3. The minimum atomic E-state index is -4.59. The lowest BCUT2D eigenvalue weighted by Gasteiger charge is -2.19. The van der Waals surface area contributed by atoms with Crippen LogP contribution >= 0.6 is 0 Å². The van der Waals surface area contributed by atoms with Crippen molar-refractivity contribution in [3.8, 4) is 11.5 Å². The third kappa shape index (κ3) is 3.69. The van der Waals surface area contributed by atoms with E-state index in [1.54, 1.807) is 18.2 Å². The number of halogens is 3. The minimum absolute atomic E-state index is 0.131. The molecule has 1 aliphatic rings. The van der Waals surface area contributed by atoms with Crippen LogP contribution < -0.4 is 20.5 Å². The van der Waals surface area contributed by atoms with Gasteiger partial charge in [-0.25, -0.2) is 0 Å². The summed E-state index contributed by atoms with van der Waals surface area (Å²) in [6, 6.07) is 5.08. The number of ether oxygens (including phenoxy) is 2. The zero-order chi connectivity index (χ0) is 15.5. The Balaban J connectivity index is 1.93. The summed E-state index contributed by atoms with van der Waals surface area (Å²) < 4.78 is 48.5. The van der Waals surface area contributed by atoms with Crippen molar-refractivity contribution in [3.05, 3.63) is 23.8 Å². The van der Waals surface area contributed by atoms with Gasteiger partial charge in [-0.1, -0.05) is 11.2 Å². The maximum Gasteiger partial charge on any atom is 0.400 e. The molecule has 1 aliphatic heterocycles. The molecule has 2 rings (SSSR count). The Bertz CT molecular complexity index is 534. The van der Waals surface area contributed by atoms with Crippen LogP contribution in [0.3, 0.4) is 0 Å². The highest BCUT2D eigenvalue weighted by Crippen LogP contribution is 2.32. The molecule has 1 aromatic rings. The average molecular weight is 305 g/mol. The summed E-state index contributed by atoms with van der Waals surface area (Å²) in [6.07, 6.45) is -4.59. The van der Waals surface area contributed by atoms with Crippen molar-refractivity contribution in [2.75, 3.05) is 13.3 Å². The SMILES string of the molecule is N/C(=N/O)C(CNCc1ccc2c(c1)OCO2)C(F)(F)F. The number of benzene rings is 1. The van der Waals surface area contributed by atoms with Crippen LogP contribution in [0.1, 0.15) is 5.56 Å². The van der Waals surface area contributed by atoms with Crippen LogP contribution in [0.25, 0.3) is 0 Å². The number of fused-ring (bicyclic) bond motifs is 1. The molecule has 0 fully saturated rings. The highest BCUT2D eigenvalue weighted by atomic mass is 19.4. The second kappa shape index (κ2) is 6.08. The van der Waals surface area contributed by atoms with E-state index in [1.165, 1.54) is 0 Å². The van der Waals surface area contributed by atoms with Crippen molar-refractivity contribution in [3.63, 3.8) is 0 Å². The fourth-order valence-corrected chi connectivity index (χ4v) is 1.87. The molecule has 9 heteroatoms. The van der Waals surface area contributed by atoms with Gasteiger partial charge in [0.15, 0.2) is 17.3 Å². The maximum absolute atomic E-state index is 12.7. The largest absolute Gasteiger partial charge is 0.454 e. The van der Waals surface area contributed by atoms with Crippen LogP contribution in [-0.2, 0) is 6.54 Å². The summed E-state index contributed by atoms with van der Waals surface area (Å²) in [6.45, 7) is -0.179. The Kier molecular flexibility index (Phi) is 4.41. The molecule has 4 N–H and O–H groups in total. The molecule has 0 saturated heterocycles. The third-order valence-corrected chi connectivity index (χ3v) is 2.98. The standard InChI is InChI=1S/C12H14F3N3O3/c13-12(14,15)8(11(16)18-19)5-17-4-7-1-2-9-10(3-7)21-6-20-9/h1-3,8,17,19H,4-6H2,(H2,16,18). The van der Waals surface area contributed by atoms with E-state index < -0.39 is 24.5 Å². The van der Waals surface area contributed by atoms with Crippen molar-refractivity contribution < 1.29 is 27.9 Å². The molecule has 1 unspecified atom stereocenters. The quantitative estimate of drug-likeness (QED) is 0.331. The molecule has 0 amide bonds. The number of oxime groups is 1. The first kappa shape index (κ1) is 15.2. The number of hydrogen-bond donors (Lipinski definition) is 3. The molecular formula is C12H14F3N3O3. The third-order valence-electron chi connectivity index (χ3n) is 2.98. The van der Waals surface area contributed by atoms with E-state index in [4.69, 9.17) is 20.4 Å². The van der Waals surface area contributed by atoms with Gasteiger partial charge in [-0.15, -0.1) is 0 Å². The van der Waals surface area contributed by atoms with Crippen LogP contribution in [0.4, 0.5) is 13.2 Å². The monoisotopic (exact) mass is 305 g/mol. The van der Waals surface area contributed by atoms with E-state index in [-0.39, 0.29) is 13.3 Å². The average Bonchev–Trinajstić information content (AvgIpc) is 2.89. The summed E-state index contributed by atoms with van der Waals surface area (Å²) in [4.78, 5) is 0. The minimum Gasteiger partial charge on any atom is -0.454 e. The van der Waals surface area contributed by atoms with Gasteiger partial charge in [0.25, 0.3) is 0 Å². The summed E-state index contributed by atoms with van der Waals surface area (Å²) >= 11 is 0. The fraction of sp³-hybridized carbons (Fsp3) is 0.417. The lowest BCUT2D eigenvalue weighted by atomic mass is 10.1. The van der Waals surface area contributed by atoms with Gasteiger partial charge in [0.1, 0.15) is 5.92 Å². The molecule has 0 aliphatic carbocycles. The first-order chi connectivity index (χ1) is 9.91. The summed E-state index contributed by atoms with van der Waals surface area (Å²) in [5, 5.41) is 13.4. The van der Waals surface area contributed by atoms with Crippen LogP contribution in [0, 0.1) is 5.92 Å². The Morgan fingerprint density at radius 3 is 2.76 bits per heavy atom. The number of nitrogens with two attached hydrogens (primary N) is 1. The van der Waals surface area contributed by atoms with Crippen molar-refractivity contribution in [1.82, 2.24) is 5.32 Å². The molecular weight excluding hydrogens is 291 g/mol. The second-order valence-electron chi connectivity index (χ2n) is 4.44. The number of nitrogens with one attached hydrogen (secondary N) is 1. The first-order valence-corrected chi connectivity index (χ1v) is 6.05. The summed E-state index contributed by atoms with van der Waals surface area (Å²) in [5.41, 5.74) is 5.80. The van der Waals surface area contributed by atoms with E-state index >= 15 is 0 Å². The second-order valence-corrected chi connectivity index (χ2v) is 4.44. The van der Waals surface area contributed by atoms with Gasteiger partial charge in [0.2, 0.25) is 6.79 Å². The molecule has 21 heavy (non-hydrogen) atoms. The highest BCUT2D eigenvalue weighted by molar-refractivity contribution is 5.83. The van der Waals surface area contributed by atoms with Gasteiger partial charge in [-0.3, -0.25) is 0 Å². The van der Waals surface area contributed by atoms with Gasteiger partial charge in [-0.05, 0) is 17.7 Å². The van der Waals surface area contributed by atoms with E-state index in [9.17, 15) is 13.2 Å². The van der Waals surface area contributed by atoms with Crippen LogP contribution in [0.2, 0.25) is 0 Å². The van der Waals surface area contributed by atoms with Crippen molar-refractivity contribution in [2.24, 2.45) is 16.8 Å². The zero-order valence-corrected chi connectivity index (χ0v) is 10.9. The summed E-state index contributed by atoms with van der Waals surface area (Å²) in [7, 11) is 0. The Labute approximate surface area is 118 Å². The number of nitrogens with zero attached hydrogens (tertiary/aromatic N) is 1. The zero-order valence-electron chi connectivity index (χ0n) is 10.9. The van der Waals surface area contributed by atoms with E-state index in [2.05, 4.69) is 10.5 Å². The van der Waals surface area contributed by atoms with Gasteiger partial charge in [0.05, 0.1) is 0 Å². The van der Waals surface area contributed by atoms with Gasteiger partial charge < -0.3 is 25.7 Å². The van der Waals surface area contributed by atoms with E-state index in [1.807, 2.05) is 0 Å². The molecule has 1 heterocycles. The van der Waals surface area contributed by atoms with Crippen molar-refractivity contribution >= 4 is 5.84 Å². The lowest BCUT2D eigenvalue weighted by Crippen LogP contribution is -2.42. The smallest absolute Gasteiger partial charge is 0.400 e. The molecule has 6 nitrogen and oxygen atoms in total. The van der Waals surface area contributed by atoms with E-state index in [0.717, 1.165) is 5.56 Å². The maximum atomic E-state index is 12.7. The fourth-order valence-electron chi connectivity index (χ4n) is 1.87. The molecule has 1 aromatic carbocycles. The normalized spacial score (nSPS) is 16.0. The molecule has 0 spiro atoms. The van der Waals surface area contributed by atoms with Gasteiger partial charge in [-0.2, -0.15) is 13.2 Å². The molecule has 1 atom stereocenters. The molecule has 0 saturated carbocycles. The lowest BCUT2D eigenvalue weighted by molar-refractivity contribution is -0.154. The van der Waals surface area contributed by atoms with Crippen LogP contribution in [0.15, 0.2) is 23.4 Å². The predicted octanol–water partition coefficient (Wildman–Crippen LogP) is 1.43. The molecule has 0 aromatic heterocycles. The predicted molar refractivity (Wildman–Crippen MR) is 67.2 cm³/mol. The topological polar surface area (TPSA) is 89.1 Å². The Hall–Kier alpha value is -2.16. The van der Waals surface area contributed by atoms with E-state index in [0.29, 0.717) is 11.5 Å². The Morgan fingerprint density at radius 2 is 2.10 bits per heavy atom. The number of hydrogen-bond acceptors (Lipinski definition) is 5. The number of rotatable bonds is 5. The Morgan fingerprint density at radius 1 is 1.38 bits per heavy atom. The molecule has 116 valence electrons. The van der Waals surface area contributed by atoms with Crippen molar-refractivity contribution in [1.29, 1.82) is 0 Å². The van der Waals surface area contributed by atoms with Crippen LogP contribution in [-0.4, -0.2) is 30.6 Å². The molecule has 0 bridgehead atoms.